The van der Waals surface area contributed by atoms with Crippen LogP contribution in [-0.4, -0.2) is 31.1 Å². The Bertz CT molecular complexity index is 491. The molecular weight excluding hydrogens is 407 g/mol. The monoisotopic (exact) mass is 434 g/mol. The summed E-state index contributed by atoms with van der Waals surface area (Å²) in [6.07, 6.45) is 9.19. The van der Waals surface area contributed by atoms with Crippen LogP contribution < -0.4 is 10.6 Å². The van der Waals surface area contributed by atoms with Crippen molar-refractivity contribution in [1.82, 2.24) is 15.6 Å². The van der Waals surface area contributed by atoms with Gasteiger partial charge in [0.2, 0.25) is 0 Å². The quantitative estimate of drug-likeness (QED) is 0.323. The first-order valence-electron chi connectivity index (χ1n) is 7.71. The van der Waals surface area contributed by atoms with Crippen molar-refractivity contribution in [2.45, 2.75) is 39.5 Å². The topological polar surface area (TPSA) is 49.3 Å². The van der Waals surface area contributed by atoms with Crippen LogP contribution in [-0.2, 0) is 6.42 Å². The van der Waals surface area contributed by atoms with Crippen molar-refractivity contribution >= 4 is 41.3 Å². The van der Waals surface area contributed by atoms with Gasteiger partial charge in [0.05, 0.1) is 10.7 Å². The predicted molar refractivity (Wildman–Crippen MR) is 107 cm³/mol. The minimum absolute atomic E-state index is 0. The van der Waals surface area contributed by atoms with Gasteiger partial charge in [-0.25, -0.2) is 4.98 Å². The van der Waals surface area contributed by atoms with Crippen LogP contribution in [0, 0.1) is 19.8 Å². The van der Waals surface area contributed by atoms with E-state index < -0.39 is 0 Å². The van der Waals surface area contributed by atoms with E-state index in [0.29, 0.717) is 0 Å². The standard InChI is InChI=1S/C16H26N4S.HI/c1-12-13(2)21-15(20-12)9-10-18-16(17-3)19-11-14-7-5-4-6-8-14;/h4-5,14H,6-11H2,1-3H3,(H2,17,18,19);1H. The molecule has 1 aromatic heterocycles. The summed E-state index contributed by atoms with van der Waals surface area (Å²) in [6.45, 7) is 6.07. The van der Waals surface area contributed by atoms with E-state index in [1.165, 1.54) is 29.1 Å². The highest BCUT2D eigenvalue weighted by atomic mass is 127. The maximum absolute atomic E-state index is 4.56. The van der Waals surface area contributed by atoms with Gasteiger partial charge in [0.1, 0.15) is 0 Å². The maximum atomic E-state index is 4.56. The van der Waals surface area contributed by atoms with Crippen molar-refractivity contribution in [1.29, 1.82) is 0 Å². The first-order chi connectivity index (χ1) is 10.2. The molecule has 6 heteroatoms. The van der Waals surface area contributed by atoms with Crippen LogP contribution in [0.2, 0.25) is 0 Å². The molecule has 0 aliphatic heterocycles. The Kier molecular flexibility index (Phi) is 9.00. The molecule has 4 nitrogen and oxygen atoms in total. The lowest BCUT2D eigenvalue weighted by atomic mass is 9.94. The second-order valence-electron chi connectivity index (χ2n) is 5.53. The van der Waals surface area contributed by atoms with E-state index in [1.54, 1.807) is 11.3 Å². The highest BCUT2D eigenvalue weighted by Crippen LogP contribution is 2.17. The third kappa shape index (κ3) is 6.24. The van der Waals surface area contributed by atoms with E-state index in [-0.39, 0.29) is 24.0 Å². The molecule has 0 aromatic carbocycles. The predicted octanol–water partition coefficient (Wildman–Crippen LogP) is 3.44. The van der Waals surface area contributed by atoms with Crippen LogP contribution in [0.15, 0.2) is 17.1 Å². The van der Waals surface area contributed by atoms with E-state index in [2.05, 4.69) is 46.6 Å². The smallest absolute Gasteiger partial charge is 0.190 e. The normalized spacial score (nSPS) is 18.0. The van der Waals surface area contributed by atoms with Gasteiger partial charge in [0, 0.05) is 31.4 Å². The lowest BCUT2D eigenvalue weighted by molar-refractivity contribution is 0.470. The maximum Gasteiger partial charge on any atom is 0.190 e. The van der Waals surface area contributed by atoms with E-state index >= 15 is 0 Å². The lowest BCUT2D eigenvalue weighted by Crippen LogP contribution is -2.40. The van der Waals surface area contributed by atoms with Crippen molar-refractivity contribution in [3.63, 3.8) is 0 Å². The number of nitrogens with zero attached hydrogens (tertiary/aromatic N) is 2. The summed E-state index contributed by atoms with van der Waals surface area (Å²) in [5.41, 5.74) is 1.16. The van der Waals surface area contributed by atoms with Gasteiger partial charge in [0.25, 0.3) is 0 Å². The third-order valence-electron chi connectivity index (χ3n) is 3.86. The number of nitrogens with one attached hydrogen (secondary N) is 2. The molecule has 0 amide bonds. The van der Waals surface area contributed by atoms with Gasteiger partial charge >= 0.3 is 0 Å². The second kappa shape index (κ2) is 10.2. The molecule has 1 unspecified atom stereocenters. The average molecular weight is 434 g/mol. The van der Waals surface area contributed by atoms with Crippen molar-refractivity contribution < 1.29 is 0 Å². The molecule has 0 saturated heterocycles. The van der Waals surface area contributed by atoms with Crippen LogP contribution >= 0.6 is 35.3 Å². The first-order valence-corrected chi connectivity index (χ1v) is 8.53. The fourth-order valence-corrected chi connectivity index (χ4v) is 3.37. The molecule has 1 aliphatic rings. The van der Waals surface area contributed by atoms with Gasteiger partial charge in [-0.1, -0.05) is 12.2 Å². The SMILES string of the molecule is CN=C(NCCc1nc(C)c(C)s1)NCC1CC=CCC1.I. The zero-order valence-corrected chi connectivity index (χ0v) is 16.8. The Morgan fingerprint density at radius 1 is 1.36 bits per heavy atom. The summed E-state index contributed by atoms with van der Waals surface area (Å²) < 4.78 is 0. The number of thiazole rings is 1. The molecule has 0 bridgehead atoms. The van der Waals surface area contributed by atoms with Gasteiger partial charge in [-0.3, -0.25) is 4.99 Å². The molecule has 0 fully saturated rings. The number of rotatable bonds is 5. The van der Waals surface area contributed by atoms with Gasteiger partial charge in [-0.15, -0.1) is 35.3 Å². The summed E-state index contributed by atoms with van der Waals surface area (Å²) in [5.74, 6) is 1.63. The third-order valence-corrected chi connectivity index (χ3v) is 5.00. The van der Waals surface area contributed by atoms with Gasteiger partial charge in [0.15, 0.2) is 5.96 Å². The number of aromatic nitrogens is 1. The highest BCUT2D eigenvalue weighted by Gasteiger charge is 2.10. The van der Waals surface area contributed by atoms with Crippen LogP contribution in [0.25, 0.3) is 0 Å². The van der Waals surface area contributed by atoms with Crippen molar-refractivity contribution in [2.24, 2.45) is 10.9 Å². The summed E-state index contributed by atoms with van der Waals surface area (Å²) in [5, 5.41) is 8.00. The number of allylic oxidation sites excluding steroid dienone is 2. The summed E-state index contributed by atoms with van der Waals surface area (Å²) in [7, 11) is 1.83. The Balaban J connectivity index is 0.00000242. The lowest BCUT2D eigenvalue weighted by Gasteiger charge is -2.19. The molecule has 0 radical (unpaired) electrons. The minimum Gasteiger partial charge on any atom is -0.356 e. The zero-order valence-electron chi connectivity index (χ0n) is 13.7. The molecular formula is C16H27IN4S. The van der Waals surface area contributed by atoms with E-state index in [4.69, 9.17) is 0 Å². The van der Waals surface area contributed by atoms with Crippen LogP contribution in [0.5, 0.6) is 0 Å². The Morgan fingerprint density at radius 2 is 2.18 bits per heavy atom. The summed E-state index contributed by atoms with van der Waals surface area (Å²) in [6, 6.07) is 0. The minimum atomic E-state index is 0. The molecule has 1 heterocycles. The van der Waals surface area contributed by atoms with Crippen LogP contribution in [0.3, 0.4) is 0 Å². The van der Waals surface area contributed by atoms with E-state index in [0.717, 1.165) is 37.1 Å². The molecule has 0 spiro atoms. The average Bonchev–Trinajstić information content (AvgIpc) is 2.82. The number of aryl methyl sites for hydroxylation is 2. The molecule has 2 N–H and O–H groups in total. The largest absolute Gasteiger partial charge is 0.356 e. The molecule has 1 aliphatic carbocycles. The first kappa shape index (κ1) is 19.4. The highest BCUT2D eigenvalue weighted by molar-refractivity contribution is 14.0. The second-order valence-corrected chi connectivity index (χ2v) is 6.82. The number of guanidine groups is 1. The van der Waals surface area contributed by atoms with Crippen LogP contribution in [0.4, 0.5) is 0 Å². The molecule has 0 saturated carbocycles. The number of halogens is 1. The van der Waals surface area contributed by atoms with Gasteiger partial charge in [-0.2, -0.15) is 0 Å². The fourth-order valence-electron chi connectivity index (χ4n) is 2.44. The Hall–Kier alpha value is -0.630. The van der Waals surface area contributed by atoms with Gasteiger partial charge < -0.3 is 10.6 Å². The summed E-state index contributed by atoms with van der Waals surface area (Å²) in [4.78, 5) is 10.2. The Labute approximate surface area is 154 Å². The molecule has 1 aromatic rings. The molecule has 1 atom stereocenters. The molecule has 124 valence electrons. The summed E-state index contributed by atoms with van der Waals surface area (Å²) >= 11 is 1.79. The van der Waals surface area contributed by atoms with Crippen molar-refractivity contribution in [3.05, 3.63) is 27.7 Å². The van der Waals surface area contributed by atoms with E-state index in [9.17, 15) is 0 Å². The van der Waals surface area contributed by atoms with Gasteiger partial charge in [-0.05, 0) is 39.0 Å². The van der Waals surface area contributed by atoms with Crippen LogP contribution in [0.1, 0.15) is 34.8 Å². The number of hydrogen-bond donors (Lipinski definition) is 2. The Morgan fingerprint density at radius 3 is 2.77 bits per heavy atom. The molecule has 22 heavy (non-hydrogen) atoms. The van der Waals surface area contributed by atoms with Crippen molar-refractivity contribution in [3.8, 4) is 0 Å². The number of hydrogen-bond acceptors (Lipinski definition) is 3. The molecule has 2 rings (SSSR count). The number of aliphatic imine (C=N–C) groups is 1. The van der Waals surface area contributed by atoms with Crippen molar-refractivity contribution in [2.75, 3.05) is 20.1 Å². The fraction of sp³-hybridized carbons (Fsp3) is 0.625. The van der Waals surface area contributed by atoms with E-state index in [1.807, 2.05) is 7.05 Å². The zero-order chi connectivity index (χ0) is 15.1.